The van der Waals surface area contributed by atoms with Gasteiger partial charge in [-0.3, -0.25) is 4.79 Å². The van der Waals surface area contributed by atoms with Gasteiger partial charge in [0.2, 0.25) is 6.29 Å². The van der Waals surface area contributed by atoms with Crippen LogP contribution in [0.2, 0.25) is 0 Å². The number of ether oxygens (including phenoxy) is 2. The first-order chi connectivity index (χ1) is 10.9. The molecule has 3 unspecified atom stereocenters. The Balaban J connectivity index is 1.54. The second-order valence-corrected chi connectivity index (χ2v) is 8.53. The van der Waals surface area contributed by atoms with Crippen molar-refractivity contribution in [3.05, 3.63) is 0 Å². The van der Waals surface area contributed by atoms with Gasteiger partial charge in [-0.15, -0.1) is 11.6 Å². The van der Waals surface area contributed by atoms with Crippen LogP contribution in [0.3, 0.4) is 0 Å². The average molecular weight is 343 g/mol. The Labute approximate surface area is 140 Å². The fraction of sp³-hybridized carbons (Fsp3) is 0.882. The first kappa shape index (κ1) is 15.7. The predicted molar refractivity (Wildman–Crippen MR) is 81.8 cm³/mol. The molecule has 5 rings (SSSR count). The van der Waals surface area contributed by atoms with E-state index in [2.05, 4.69) is 0 Å². The summed E-state index contributed by atoms with van der Waals surface area (Å²) in [5, 5.41) is 9.39. The van der Waals surface area contributed by atoms with E-state index in [4.69, 9.17) is 21.1 Å². The van der Waals surface area contributed by atoms with Crippen LogP contribution in [0.1, 0.15) is 45.4 Å². The van der Waals surface area contributed by atoms with E-state index in [1.165, 1.54) is 32.1 Å². The van der Waals surface area contributed by atoms with Crippen molar-refractivity contribution >= 4 is 23.5 Å². The molecule has 128 valence electrons. The molecule has 1 N–H and O–H groups in total. The Morgan fingerprint density at radius 1 is 1.22 bits per heavy atom. The van der Waals surface area contributed by atoms with Crippen molar-refractivity contribution in [1.29, 1.82) is 0 Å². The number of hydrogen-bond acceptors (Lipinski definition) is 4. The molecule has 0 radical (unpaired) electrons. The minimum Gasteiger partial charge on any atom is -0.480 e. The zero-order chi connectivity index (χ0) is 16.4. The zero-order valence-corrected chi connectivity index (χ0v) is 14.0. The number of hydrogen-bond donors (Lipinski definition) is 1. The molecule has 0 aromatic rings. The lowest BCUT2D eigenvalue weighted by atomic mass is 9.51. The summed E-state index contributed by atoms with van der Waals surface area (Å²) >= 11 is 6.19. The fourth-order valence-electron chi connectivity index (χ4n) is 5.72. The highest BCUT2D eigenvalue weighted by Crippen LogP contribution is 2.58. The molecule has 5 aliphatic rings. The van der Waals surface area contributed by atoms with Crippen molar-refractivity contribution in [3.63, 3.8) is 0 Å². The zero-order valence-electron chi connectivity index (χ0n) is 13.2. The molecule has 5 nitrogen and oxygen atoms in total. The van der Waals surface area contributed by atoms with Crippen molar-refractivity contribution in [1.82, 2.24) is 0 Å². The number of carbonyl (C=O) groups is 2. The molecule has 3 atom stereocenters. The lowest BCUT2D eigenvalue weighted by molar-refractivity contribution is -0.181. The van der Waals surface area contributed by atoms with Gasteiger partial charge in [-0.25, -0.2) is 4.79 Å². The number of carboxylic acids is 1. The summed E-state index contributed by atoms with van der Waals surface area (Å²) in [5.74, 6) is 1.09. The van der Waals surface area contributed by atoms with Crippen molar-refractivity contribution in [3.8, 4) is 0 Å². The second kappa shape index (κ2) is 5.35. The highest BCUT2D eigenvalue weighted by molar-refractivity contribution is 6.35. The molecule has 1 saturated heterocycles. The summed E-state index contributed by atoms with van der Waals surface area (Å²) in [6.07, 6.45) is 4.40. The van der Waals surface area contributed by atoms with Gasteiger partial charge in [-0.2, -0.15) is 0 Å². The number of halogens is 1. The van der Waals surface area contributed by atoms with Gasteiger partial charge in [-0.05, 0) is 62.2 Å². The molecule has 4 bridgehead atoms. The molecular weight excluding hydrogens is 320 g/mol. The van der Waals surface area contributed by atoms with E-state index >= 15 is 0 Å². The Morgan fingerprint density at radius 3 is 2.26 bits per heavy atom. The minimum absolute atomic E-state index is 0.109. The molecule has 6 heteroatoms. The van der Waals surface area contributed by atoms with E-state index < -0.39 is 29.2 Å². The highest BCUT2D eigenvalue weighted by atomic mass is 35.5. The summed E-state index contributed by atoms with van der Waals surface area (Å²) in [4.78, 5) is 22.0. The molecule has 4 aliphatic carbocycles. The number of aliphatic carboxylic acids is 1. The summed E-state index contributed by atoms with van der Waals surface area (Å²) in [6, 6.07) is 0. The lowest BCUT2D eigenvalue weighted by Crippen LogP contribution is -2.50. The molecule has 5 fully saturated rings. The van der Waals surface area contributed by atoms with Gasteiger partial charge in [0.15, 0.2) is 11.0 Å². The Bertz CT molecular complexity index is 507. The molecule has 4 saturated carbocycles. The average Bonchev–Trinajstić information content (AvgIpc) is 2.87. The molecule has 0 aromatic heterocycles. The minimum atomic E-state index is -1.74. The fourth-order valence-corrected chi connectivity index (χ4v) is 5.86. The van der Waals surface area contributed by atoms with Crippen molar-refractivity contribution in [2.24, 2.45) is 29.6 Å². The normalized spacial score (nSPS) is 47.4. The van der Waals surface area contributed by atoms with Crippen LogP contribution < -0.4 is 0 Å². The summed E-state index contributed by atoms with van der Waals surface area (Å²) in [7, 11) is 0. The Hall–Kier alpha value is -0.810. The molecule has 0 aromatic carbocycles. The first-order valence-electron chi connectivity index (χ1n) is 8.70. The molecule has 23 heavy (non-hydrogen) atoms. The summed E-state index contributed by atoms with van der Waals surface area (Å²) < 4.78 is 11.3. The van der Waals surface area contributed by atoms with Crippen molar-refractivity contribution < 1.29 is 24.2 Å². The number of cyclic esters (lactones) is 1. The van der Waals surface area contributed by atoms with Crippen LogP contribution in [-0.2, 0) is 19.1 Å². The van der Waals surface area contributed by atoms with Crippen LogP contribution in [0.15, 0.2) is 0 Å². The van der Waals surface area contributed by atoms with Gasteiger partial charge in [0.05, 0.1) is 0 Å². The number of carbonyl (C=O) groups excluding carboxylic acids is 1. The standard InChI is InChI=1S/C17H23ClO5/c1-2-17(18,16(20)21)13-14(19)23-15(22-13)12-10-4-8-3-9(6-10)7-11(12)5-8/h8-13,15H,2-7H2,1H3,(H,20,21). The topological polar surface area (TPSA) is 72.8 Å². The van der Waals surface area contributed by atoms with Crippen molar-refractivity contribution in [2.45, 2.75) is 62.7 Å². The Morgan fingerprint density at radius 2 is 1.78 bits per heavy atom. The van der Waals surface area contributed by atoms with Gasteiger partial charge in [0.25, 0.3) is 0 Å². The maximum atomic E-state index is 12.2. The maximum absolute atomic E-state index is 12.2. The van der Waals surface area contributed by atoms with E-state index in [0.717, 1.165) is 11.8 Å². The van der Waals surface area contributed by atoms with Crippen LogP contribution in [0, 0.1) is 29.6 Å². The van der Waals surface area contributed by atoms with E-state index in [1.807, 2.05) is 0 Å². The number of esters is 1. The quantitative estimate of drug-likeness (QED) is 0.628. The summed E-state index contributed by atoms with van der Waals surface area (Å²) in [5.41, 5.74) is 0. The molecule has 1 aliphatic heterocycles. The molecule has 0 amide bonds. The van der Waals surface area contributed by atoms with E-state index in [9.17, 15) is 14.7 Å². The maximum Gasteiger partial charge on any atom is 0.340 e. The molecule has 1 heterocycles. The smallest absolute Gasteiger partial charge is 0.340 e. The van der Waals surface area contributed by atoms with E-state index in [-0.39, 0.29) is 12.3 Å². The van der Waals surface area contributed by atoms with Gasteiger partial charge in [0.1, 0.15) is 0 Å². The van der Waals surface area contributed by atoms with E-state index in [0.29, 0.717) is 11.8 Å². The second-order valence-electron chi connectivity index (χ2n) is 7.85. The number of alkyl halides is 1. The van der Waals surface area contributed by atoms with E-state index in [1.54, 1.807) is 6.92 Å². The van der Waals surface area contributed by atoms with Crippen LogP contribution in [0.5, 0.6) is 0 Å². The van der Waals surface area contributed by atoms with Crippen molar-refractivity contribution in [2.75, 3.05) is 0 Å². The number of rotatable bonds is 4. The third-order valence-corrected chi connectivity index (χ3v) is 7.24. The van der Waals surface area contributed by atoms with Crippen LogP contribution in [0.25, 0.3) is 0 Å². The third-order valence-electron chi connectivity index (χ3n) is 6.62. The van der Waals surface area contributed by atoms with Crippen LogP contribution in [-0.4, -0.2) is 34.3 Å². The predicted octanol–water partition coefficient (Wildman–Crippen LogP) is 2.80. The largest absolute Gasteiger partial charge is 0.480 e. The molecular formula is C17H23ClO5. The summed E-state index contributed by atoms with van der Waals surface area (Å²) in [6.45, 7) is 1.65. The Kier molecular flexibility index (Phi) is 3.65. The molecule has 0 spiro atoms. The monoisotopic (exact) mass is 342 g/mol. The van der Waals surface area contributed by atoms with Gasteiger partial charge in [-0.1, -0.05) is 6.92 Å². The lowest BCUT2D eigenvalue weighted by Gasteiger charge is -2.55. The van der Waals surface area contributed by atoms with Gasteiger partial charge >= 0.3 is 11.9 Å². The third kappa shape index (κ3) is 2.30. The van der Waals surface area contributed by atoms with Crippen LogP contribution >= 0.6 is 11.6 Å². The number of carboxylic acid groups (broad SMARTS) is 1. The highest BCUT2D eigenvalue weighted by Gasteiger charge is 2.59. The van der Waals surface area contributed by atoms with Gasteiger partial charge in [0, 0.05) is 5.92 Å². The van der Waals surface area contributed by atoms with Gasteiger partial charge < -0.3 is 14.6 Å². The first-order valence-corrected chi connectivity index (χ1v) is 9.08. The van der Waals surface area contributed by atoms with Crippen LogP contribution in [0.4, 0.5) is 0 Å². The SMILES string of the molecule is CCC(Cl)(C(=O)O)C1OC(C2C3CC4CC(C3)CC2C4)OC1=O.